The zero-order valence-electron chi connectivity index (χ0n) is 12.3. The quantitative estimate of drug-likeness (QED) is 0.436. The van der Waals surface area contributed by atoms with Gasteiger partial charge in [0.25, 0.3) is 0 Å². The predicted molar refractivity (Wildman–Crippen MR) is 81.5 cm³/mol. The van der Waals surface area contributed by atoms with Crippen LogP contribution in [0.25, 0.3) is 5.65 Å². The Labute approximate surface area is 127 Å². The van der Waals surface area contributed by atoms with Crippen LogP contribution in [0.4, 0.5) is 0 Å². The van der Waals surface area contributed by atoms with E-state index < -0.39 is 5.97 Å². The molecule has 0 aliphatic heterocycles. The molecule has 0 aromatic carbocycles. The minimum atomic E-state index is -1.20. The molecule has 1 unspecified atom stereocenters. The van der Waals surface area contributed by atoms with Crippen LogP contribution in [0.2, 0.25) is 0 Å². The van der Waals surface area contributed by atoms with E-state index in [-0.39, 0.29) is 11.7 Å². The second-order valence-electron chi connectivity index (χ2n) is 5.68. The molecule has 1 saturated carbocycles. The molecule has 1 atom stereocenters. The van der Waals surface area contributed by atoms with Crippen LogP contribution in [0, 0.1) is 0 Å². The van der Waals surface area contributed by atoms with E-state index in [0.29, 0.717) is 5.92 Å². The van der Waals surface area contributed by atoms with Crippen molar-refractivity contribution in [3.63, 3.8) is 0 Å². The van der Waals surface area contributed by atoms with Crippen molar-refractivity contribution >= 4 is 11.6 Å². The van der Waals surface area contributed by atoms with Crippen LogP contribution in [0.15, 0.2) is 36.4 Å². The highest BCUT2D eigenvalue weighted by Crippen LogP contribution is 2.39. The number of hydrazine groups is 1. The summed E-state index contributed by atoms with van der Waals surface area (Å²) < 4.78 is 1.98. The number of pyridine rings is 1. The number of carboxylic acids is 1. The average Bonchev–Trinajstić information content (AvgIpc) is 3.24. The summed E-state index contributed by atoms with van der Waals surface area (Å²) in [4.78, 5) is 15.3. The monoisotopic (exact) mass is 301 g/mol. The number of fused-ring (bicyclic) bond motifs is 1. The summed E-state index contributed by atoms with van der Waals surface area (Å²) in [7, 11) is 0. The number of rotatable bonds is 5. The van der Waals surface area contributed by atoms with Crippen molar-refractivity contribution in [2.24, 2.45) is 11.6 Å². The zero-order chi connectivity index (χ0) is 15.9. The van der Waals surface area contributed by atoms with Crippen molar-refractivity contribution in [1.82, 2.24) is 14.4 Å². The normalized spacial score (nSPS) is 16.7. The van der Waals surface area contributed by atoms with Crippen LogP contribution in [0.5, 0.6) is 0 Å². The molecule has 2 aromatic rings. The first kappa shape index (κ1) is 14.4. The molecular weight excluding hydrogens is 282 g/mol. The van der Waals surface area contributed by atoms with Crippen molar-refractivity contribution in [3.8, 4) is 0 Å². The summed E-state index contributed by atoms with van der Waals surface area (Å²) >= 11 is 0. The molecule has 1 fully saturated rings. The molecular formula is C15H19N5O2. The molecule has 0 saturated heterocycles. The fraction of sp³-hybridized carbons (Fsp3) is 0.333. The number of aliphatic carboxylic acids is 1. The van der Waals surface area contributed by atoms with Gasteiger partial charge in [-0.05, 0) is 37.3 Å². The van der Waals surface area contributed by atoms with E-state index in [1.807, 2.05) is 23.6 Å². The summed E-state index contributed by atoms with van der Waals surface area (Å²) in [6, 6.07) is 3.81. The van der Waals surface area contributed by atoms with Crippen molar-refractivity contribution in [2.45, 2.75) is 31.7 Å². The maximum Gasteiger partial charge on any atom is 0.353 e. The maximum atomic E-state index is 10.7. The number of hydrogen-bond donors (Lipinski definition) is 3. The highest BCUT2D eigenvalue weighted by Gasteiger charge is 2.24. The molecule has 1 aliphatic rings. The SMILES string of the molecule is CC(c1cn2cc(C3CC3)ccc2n1)N(N)/C=C(\N)C(=O)O. The lowest BCUT2D eigenvalue weighted by Crippen LogP contribution is -2.31. The fourth-order valence-electron chi connectivity index (χ4n) is 2.37. The molecule has 1 aliphatic carbocycles. The van der Waals surface area contributed by atoms with Crippen molar-refractivity contribution in [1.29, 1.82) is 0 Å². The molecule has 2 heterocycles. The summed E-state index contributed by atoms with van der Waals surface area (Å²) in [6.45, 7) is 1.84. The molecule has 7 heteroatoms. The standard InChI is InChI=1S/C15H19N5O2/c1-9(20(17)7-12(16)15(21)22)13-8-19-6-11(10-2-3-10)4-5-14(19)18-13/h4-10H,2-3,16-17H2,1H3,(H,21,22)/b12-7-. The maximum absolute atomic E-state index is 10.7. The largest absolute Gasteiger partial charge is 0.477 e. The molecule has 116 valence electrons. The van der Waals surface area contributed by atoms with E-state index in [2.05, 4.69) is 17.2 Å². The van der Waals surface area contributed by atoms with Gasteiger partial charge in [-0.25, -0.2) is 15.6 Å². The van der Waals surface area contributed by atoms with E-state index >= 15 is 0 Å². The molecule has 3 rings (SSSR count). The van der Waals surface area contributed by atoms with Crippen LogP contribution in [0.3, 0.4) is 0 Å². The molecule has 0 spiro atoms. The minimum absolute atomic E-state index is 0.290. The number of nitrogens with zero attached hydrogens (tertiary/aromatic N) is 3. The number of nitrogens with two attached hydrogens (primary N) is 2. The van der Waals surface area contributed by atoms with Gasteiger partial charge in [-0.3, -0.25) is 0 Å². The summed E-state index contributed by atoms with van der Waals surface area (Å²) in [5, 5.41) is 10.0. The lowest BCUT2D eigenvalue weighted by molar-refractivity contribution is -0.132. The summed E-state index contributed by atoms with van der Waals surface area (Å²) in [5.74, 6) is 5.34. The van der Waals surface area contributed by atoms with Gasteiger partial charge in [-0.2, -0.15) is 0 Å². The van der Waals surface area contributed by atoms with Crippen LogP contribution < -0.4 is 11.6 Å². The van der Waals surface area contributed by atoms with Crippen molar-refractivity contribution < 1.29 is 9.90 Å². The highest BCUT2D eigenvalue weighted by molar-refractivity contribution is 5.85. The third-order valence-corrected chi connectivity index (χ3v) is 3.95. The second kappa shape index (κ2) is 5.34. The first-order valence-corrected chi connectivity index (χ1v) is 7.18. The fourth-order valence-corrected chi connectivity index (χ4v) is 2.37. The van der Waals surface area contributed by atoms with Crippen LogP contribution in [-0.4, -0.2) is 25.5 Å². The molecule has 7 nitrogen and oxygen atoms in total. The smallest absolute Gasteiger partial charge is 0.353 e. The molecule has 0 bridgehead atoms. The highest BCUT2D eigenvalue weighted by atomic mass is 16.4. The molecule has 0 radical (unpaired) electrons. The Morgan fingerprint density at radius 3 is 2.86 bits per heavy atom. The third kappa shape index (κ3) is 2.75. The van der Waals surface area contributed by atoms with Crippen LogP contribution in [-0.2, 0) is 4.79 Å². The number of imidazole rings is 1. The topological polar surface area (TPSA) is 110 Å². The van der Waals surface area contributed by atoms with E-state index in [1.165, 1.54) is 29.6 Å². The first-order valence-electron chi connectivity index (χ1n) is 7.18. The van der Waals surface area contributed by atoms with Crippen molar-refractivity contribution in [2.75, 3.05) is 0 Å². The second-order valence-corrected chi connectivity index (χ2v) is 5.68. The van der Waals surface area contributed by atoms with E-state index in [4.69, 9.17) is 16.7 Å². The van der Waals surface area contributed by atoms with Crippen LogP contribution in [0.1, 0.15) is 43.0 Å². The number of carboxylic acid groups (broad SMARTS) is 1. The van der Waals surface area contributed by atoms with E-state index in [9.17, 15) is 4.79 Å². The number of hydrogen-bond acceptors (Lipinski definition) is 5. The van der Waals surface area contributed by atoms with Gasteiger partial charge < -0.3 is 20.2 Å². The molecule has 22 heavy (non-hydrogen) atoms. The molecule has 5 N–H and O–H groups in total. The zero-order valence-corrected chi connectivity index (χ0v) is 12.3. The Morgan fingerprint density at radius 1 is 1.50 bits per heavy atom. The Balaban J connectivity index is 1.85. The van der Waals surface area contributed by atoms with Gasteiger partial charge in [0, 0.05) is 18.6 Å². The van der Waals surface area contributed by atoms with Gasteiger partial charge in [0.05, 0.1) is 11.7 Å². The third-order valence-electron chi connectivity index (χ3n) is 3.95. The number of carbonyl (C=O) groups is 1. The van der Waals surface area contributed by atoms with Crippen molar-refractivity contribution in [3.05, 3.63) is 47.7 Å². The Hall–Kier alpha value is -2.54. The summed E-state index contributed by atoms with van der Waals surface area (Å²) in [6.07, 6.45) is 7.71. The average molecular weight is 301 g/mol. The van der Waals surface area contributed by atoms with Gasteiger partial charge in [-0.15, -0.1) is 0 Å². The van der Waals surface area contributed by atoms with Gasteiger partial charge in [0.2, 0.25) is 0 Å². The number of aromatic nitrogens is 2. The Kier molecular flexibility index (Phi) is 3.50. The van der Waals surface area contributed by atoms with Gasteiger partial charge in [-0.1, -0.05) is 6.07 Å². The van der Waals surface area contributed by atoms with Gasteiger partial charge in [0.1, 0.15) is 11.3 Å². The first-order chi connectivity index (χ1) is 10.5. The minimum Gasteiger partial charge on any atom is -0.477 e. The van der Waals surface area contributed by atoms with Gasteiger partial charge >= 0.3 is 5.97 Å². The Bertz CT molecular complexity index is 747. The van der Waals surface area contributed by atoms with E-state index in [0.717, 1.165) is 11.3 Å². The lowest BCUT2D eigenvalue weighted by Gasteiger charge is -2.20. The van der Waals surface area contributed by atoms with Crippen LogP contribution >= 0.6 is 0 Å². The van der Waals surface area contributed by atoms with E-state index in [1.54, 1.807) is 0 Å². The lowest BCUT2D eigenvalue weighted by atomic mass is 10.2. The predicted octanol–water partition coefficient (Wildman–Crippen LogP) is 1.33. The summed E-state index contributed by atoms with van der Waals surface area (Å²) in [5.41, 5.74) is 7.99. The molecule has 0 amide bonds. The Morgan fingerprint density at radius 2 is 2.23 bits per heavy atom. The van der Waals surface area contributed by atoms with Gasteiger partial charge in [0.15, 0.2) is 0 Å². The molecule has 2 aromatic heterocycles.